The Balaban J connectivity index is 1.92. The van der Waals surface area contributed by atoms with Crippen LogP contribution < -0.4 is 11.2 Å². The molecule has 3 heterocycles. The number of hydrogen-bond donors (Lipinski definition) is 6. The lowest BCUT2D eigenvalue weighted by Crippen LogP contribution is -2.33. The minimum atomic E-state index is -4.78. The SMILES string of the molecule is O=c1[nH]c(=O)c2ncn([C@@H]3O[C@H](COP(=O)(O)O)C(O)[C@@H]3O)c2[nH]1. The van der Waals surface area contributed by atoms with Gasteiger partial charge in [0.15, 0.2) is 11.7 Å². The Hall–Kier alpha value is -1.86. The summed E-state index contributed by atoms with van der Waals surface area (Å²) >= 11 is 0. The summed E-state index contributed by atoms with van der Waals surface area (Å²) in [5, 5.41) is 20.0. The van der Waals surface area contributed by atoms with E-state index >= 15 is 0 Å². The molecule has 2 aromatic heterocycles. The number of rotatable bonds is 4. The smallest absolute Gasteiger partial charge is 0.387 e. The summed E-state index contributed by atoms with van der Waals surface area (Å²) in [6.45, 7) is -0.678. The second-order valence-corrected chi connectivity index (χ2v) is 6.33. The number of H-pyrrole nitrogens is 2. The fourth-order valence-electron chi connectivity index (χ4n) is 2.41. The van der Waals surface area contributed by atoms with Crippen molar-refractivity contribution in [2.45, 2.75) is 24.5 Å². The number of aromatic amines is 2. The zero-order valence-electron chi connectivity index (χ0n) is 11.8. The Labute approximate surface area is 131 Å². The maximum absolute atomic E-state index is 11.6. The molecular weight excluding hydrogens is 351 g/mol. The summed E-state index contributed by atoms with van der Waals surface area (Å²) in [6.07, 6.45) is -4.43. The minimum absolute atomic E-state index is 0.0449. The van der Waals surface area contributed by atoms with Gasteiger partial charge in [-0.15, -0.1) is 0 Å². The second kappa shape index (κ2) is 5.89. The van der Waals surface area contributed by atoms with Crippen molar-refractivity contribution < 1.29 is 33.8 Å². The predicted octanol–water partition coefficient (Wildman–Crippen LogP) is -2.86. The van der Waals surface area contributed by atoms with E-state index in [0.717, 1.165) is 10.9 Å². The van der Waals surface area contributed by atoms with Crippen LogP contribution in [0.25, 0.3) is 11.2 Å². The highest BCUT2D eigenvalue weighted by atomic mass is 31.2. The molecule has 24 heavy (non-hydrogen) atoms. The van der Waals surface area contributed by atoms with Crippen LogP contribution in [0.15, 0.2) is 15.9 Å². The maximum Gasteiger partial charge on any atom is 0.469 e. The zero-order valence-corrected chi connectivity index (χ0v) is 12.7. The van der Waals surface area contributed by atoms with Crippen LogP contribution in [0.1, 0.15) is 6.23 Å². The molecule has 0 radical (unpaired) electrons. The van der Waals surface area contributed by atoms with Crippen molar-refractivity contribution in [1.82, 2.24) is 19.5 Å². The van der Waals surface area contributed by atoms with Gasteiger partial charge in [0.2, 0.25) is 0 Å². The summed E-state index contributed by atoms with van der Waals surface area (Å²) in [4.78, 5) is 48.5. The molecular formula is C10H13N4O9P. The number of aliphatic hydroxyl groups excluding tert-OH is 2. The normalized spacial score (nSPS) is 27.8. The fourth-order valence-corrected chi connectivity index (χ4v) is 2.75. The third-order valence-electron chi connectivity index (χ3n) is 3.49. The predicted molar refractivity (Wildman–Crippen MR) is 74.9 cm³/mol. The number of hydrogen-bond acceptors (Lipinski definition) is 8. The molecule has 1 aliphatic heterocycles. The lowest BCUT2D eigenvalue weighted by Gasteiger charge is -2.16. The summed E-state index contributed by atoms with van der Waals surface area (Å²) in [5.41, 5.74) is -1.71. The van der Waals surface area contributed by atoms with Gasteiger partial charge in [0.25, 0.3) is 5.56 Å². The highest BCUT2D eigenvalue weighted by Gasteiger charge is 2.45. The Morgan fingerprint density at radius 1 is 1.29 bits per heavy atom. The first-order valence-electron chi connectivity index (χ1n) is 6.58. The molecule has 0 aromatic carbocycles. The highest BCUT2D eigenvalue weighted by molar-refractivity contribution is 7.46. The quantitative estimate of drug-likeness (QED) is 0.307. The van der Waals surface area contributed by atoms with Crippen molar-refractivity contribution in [2.24, 2.45) is 0 Å². The van der Waals surface area contributed by atoms with Crippen molar-refractivity contribution in [1.29, 1.82) is 0 Å². The molecule has 3 rings (SSSR count). The first-order chi connectivity index (χ1) is 11.2. The molecule has 14 heteroatoms. The lowest BCUT2D eigenvalue weighted by molar-refractivity contribution is -0.0504. The summed E-state index contributed by atoms with van der Waals surface area (Å²) in [7, 11) is -4.78. The van der Waals surface area contributed by atoms with Crippen molar-refractivity contribution in [3.8, 4) is 0 Å². The summed E-state index contributed by atoms with van der Waals surface area (Å²) in [5.74, 6) is 0. The number of fused-ring (bicyclic) bond motifs is 1. The van der Waals surface area contributed by atoms with E-state index < -0.39 is 50.2 Å². The third kappa shape index (κ3) is 3.06. The number of nitrogens with one attached hydrogen (secondary N) is 2. The van der Waals surface area contributed by atoms with Gasteiger partial charge < -0.3 is 24.7 Å². The van der Waals surface area contributed by atoms with E-state index in [-0.39, 0.29) is 11.2 Å². The van der Waals surface area contributed by atoms with Gasteiger partial charge in [-0.25, -0.2) is 14.3 Å². The van der Waals surface area contributed by atoms with E-state index in [2.05, 4.69) is 14.5 Å². The molecule has 13 nitrogen and oxygen atoms in total. The number of phosphoric ester groups is 1. The molecule has 0 saturated carbocycles. The average molecular weight is 364 g/mol. The average Bonchev–Trinajstić information content (AvgIpc) is 3.00. The Morgan fingerprint density at radius 3 is 2.67 bits per heavy atom. The molecule has 4 atom stereocenters. The van der Waals surface area contributed by atoms with E-state index in [4.69, 9.17) is 14.5 Å². The van der Waals surface area contributed by atoms with E-state index in [0.29, 0.717) is 0 Å². The van der Waals surface area contributed by atoms with Crippen LogP contribution in [0, 0.1) is 0 Å². The summed E-state index contributed by atoms with van der Waals surface area (Å²) in [6, 6.07) is 0. The molecule has 0 aliphatic carbocycles. The standard InChI is InChI=1S/C10H13N4O9P/c15-5-3(1-22-24(19,20)21)23-9(6(5)16)14-2-11-4-7(14)12-10(18)13-8(4)17/h2-3,5-6,9,15-16H,1H2,(H2,19,20,21)(H2,12,13,17,18)/t3-,5?,6+,9-/m1/s1. The van der Waals surface area contributed by atoms with Gasteiger partial charge in [-0.05, 0) is 0 Å². The third-order valence-corrected chi connectivity index (χ3v) is 3.97. The van der Waals surface area contributed by atoms with E-state index in [1.807, 2.05) is 4.98 Å². The van der Waals surface area contributed by atoms with E-state index in [9.17, 15) is 24.4 Å². The van der Waals surface area contributed by atoms with Crippen molar-refractivity contribution in [2.75, 3.05) is 6.61 Å². The largest absolute Gasteiger partial charge is 0.469 e. The van der Waals surface area contributed by atoms with E-state index in [1.165, 1.54) is 0 Å². The molecule has 0 spiro atoms. The van der Waals surface area contributed by atoms with Gasteiger partial charge in [-0.2, -0.15) is 0 Å². The van der Waals surface area contributed by atoms with E-state index in [1.54, 1.807) is 0 Å². The molecule has 6 N–H and O–H groups in total. The van der Waals surface area contributed by atoms with Gasteiger partial charge in [0, 0.05) is 0 Å². The number of nitrogens with zero attached hydrogens (tertiary/aromatic N) is 2. The number of phosphoric acid groups is 1. The van der Waals surface area contributed by atoms with Crippen LogP contribution in [0.4, 0.5) is 0 Å². The number of ether oxygens (including phenoxy) is 1. The van der Waals surface area contributed by atoms with Crippen LogP contribution >= 0.6 is 7.82 Å². The second-order valence-electron chi connectivity index (χ2n) is 5.09. The van der Waals surface area contributed by atoms with Gasteiger partial charge in [-0.3, -0.25) is 23.9 Å². The first kappa shape index (κ1) is 17.0. The van der Waals surface area contributed by atoms with Crippen molar-refractivity contribution in [3.05, 3.63) is 27.2 Å². The van der Waals surface area contributed by atoms with Crippen LogP contribution in [-0.4, -0.2) is 64.4 Å². The molecule has 0 bridgehead atoms. The summed E-state index contributed by atoms with van der Waals surface area (Å²) < 4.78 is 21.4. The van der Waals surface area contributed by atoms with Crippen LogP contribution in [-0.2, 0) is 13.8 Å². The number of aromatic nitrogens is 4. The molecule has 2 aromatic rings. The maximum atomic E-state index is 11.6. The van der Waals surface area contributed by atoms with Gasteiger partial charge >= 0.3 is 13.5 Å². The topological polar surface area (TPSA) is 200 Å². The zero-order chi connectivity index (χ0) is 17.6. The highest BCUT2D eigenvalue weighted by Crippen LogP contribution is 2.38. The minimum Gasteiger partial charge on any atom is -0.387 e. The Morgan fingerprint density at radius 2 is 2.00 bits per heavy atom. The number of imidazole rings is 1. The molecule has 132 valence electrons. The Bertz CT molecular complexity index is 913. The fraction of sp³-hybridized carbons (Fsp3) is 0.500. The van der Waals surface area contributed by atoms with Crippen LogP contribution in [0.5, 0.6) is 0 Å². The van der Waals surface area contributed by atoms with Gasteiger partial charge in [0.05, 0.1) is 12.9 Å². The monoisotopic (exact) mass is 364 g/mol. The van der Waals surface area contributed by atoms with Crippen molar-refractivity contribution in [3.63, 3.8) is 0 Å². The van der Waals surface area contributed by atoms with Gasteiger partial charge in [-0.1, -0.05) is 0 Å². The lowest BCUT2D eigenvalue weighted by atomic mass is 10.1. The molecule has 1 saturated heterocycles. The molecule has 1 fully saturated rings. The van der Waals surface area contributed by atoms with Crippen molar-refractivity contribution >= 4 is 19.0 Å². The molecule has 1 aliphatic rings. The van der Waals surface area contributed by atoms with Crippen LogP contribution in [0.3, 0.4) is 0 Å². The molecule has 1 unspecified atom stereocenters. The van der Waals surface area contributed by atoms with Gasteiger partial charge in [0.1, 0.15) is 24.0 Å². The molecule has 0 amide bonds. The first-order valence-corrected chi connectivity index (χ1v) is 8.11. The number of aliphatic hydroxyl groups is 2. The van der Waals surface area contributed by atoms with Crippen LogP contribution in [0.2, 0.25) is 0 Å². The Kier molecular flexibility index (Phi) is 4.17.